The first-order valence-electron chi connectivity index (χ1n) is 5.96. The van der Waals surface area contributed by atoms with Gasteiger partial charge in [-0.1, -0.05) is 24.3 Å². The van der Waals surface area contributed by atoms with E-state index < -0.39 is 0 Å². The van der Waals surface area contributed by atoms with Crippen LogP contribution in [0.4, 0.5) is 0 Å². The molecule has 3 nitrogen and oxygen atoms in total. The van der Waals surface area contributed by atoms with Gasteiger partial charge in [-0.05, 0) is 18.1 Å². The van der Waals surface area contributed by atoms with Gasteiger partial charge in [-0.3, -0.25) is 0 Å². The summed E-state index contributed by atoms with van der Waals surface area (Å²) in [5.41, 5.74) is 2.49. The molecule has 0 aliphatic carbocycles. The molecule has 0 saturated carbocycles. The highest BCUT2D eigenvalue weighted by molar-refractivity contribution is 7.11. The van der Waals surface area contributed by atoms with Gasteiger partial charge in [0.2, 0.25) is 0 Å². The molecule has 0 radical (unpaired) electrons. The molecule has 0 aliphatic rings. The minimum Gasteiger partial charge on any atom is -0.380 e. The summed E-state index contributed by atoms with van der Waals surface area (Å²) in [5.74, 6) is 0. The van der Waals surface area contributed by atoms with Crippen molar-refractivity contribution in [2.24, 2.45) is 0 Å². The van der Waals surface area contributed by atoms with Crippen LogP contribution in [-0.4, -0.2) is 12.1 Å². The van der Waals surface area contributed by atoms with Crippen molar-refractivity contribution in [3.63, 3.8) is 0 Å². The Morgan fingerprint density at radius 3 is 2.83 bits per heavy atom. The molecule has 1 aromatic carbocycles. The smallest absolute Gasteiger partial charge is 0.107 e. The third-order valence-electron chi connectivity index (χ3n) is 2.58. The Kier molecular flexibility index (Phi) is 4.87. The fourth-order valence-corrected chi connectivity index (χ4v) is 2.55. The van der Waals surface area contributed by atoms with Crippen LogP contribution in [0.5, 0.6) is 0 Å². The summed E-state index contributed by atoms with van der Waals surface area (Å²) in [7, 11) is 1.72. The lowest BCUT2D eigenvalue weighted by Crippen LogP contribution is -2.12. The average molecular weight is 262 g/mol. The normalized spacial score (nSPS) is 10.8. The summed E-state index contributed by atoms with van der Waals surface area (Å²) < 4.78 is 5.13. The Hall–Kier alpha value is -1.23. The van der Waals surface area contributed by atoms with Crippen LogP contribution < -0.4 is 5.32 Å². The van der Waals surface area contributed by atoms with Gasteiger partial charge in [0.1, 0.15) is 5.01 Å². The van der Waals surface area contributed by atoms with E-state index in [9.17, 15) is 0 Å². The molecule has 0 bridgehead atoms. The number of aromatic nitrogens is 1. The van der Waals surface area contributed by atoms with Gasteiger partial charge in [0.05, 0.1) is 6.61 Å². The number of nitrogens with one attached hydrogen (secondary N) is 1. The fourth-order valence-electron chi connectivity index (χ4n) is 1.79. The zero-order valence-corrected chi connectivity index (χ0v) is 11.6. The molecule has 0 unspecified atom stereocenters. The second-order valence-electron chi connectivity index (χ2n) is 4.22. The summed E-state index contributed by atoms with van der Waals surface area (Å²) in [6.07, 6.45) is 1.92. The van der Waals surface area contributed by atoms with Crippen molar-refractivity contribution >= 4 is 11.3 Å². The molecule has 0 fully saturated rings. The molecule has 96 valence electrons. The Labute approximate surface area is 112 Å². The van der Waals surface area contributed by atoms with E-state index in [1.54, 1.807) is 18.4 Å². The Morgan fingerprint density at radius 1 is 1.28 bits per heavy atom. The second kappa shape index (κ2) is 6.64. The van der Waals surface area contributed by atoms with Crippen LogP contribution in [0, 0.1) is 6.92 Å². The lowest BCUT2D eigenvalue weighted by Gasteiger charge is -2.05. The van der Waals surface area contributed by atoms with Crippen LogP contribution in [-0.2, 0) is 24.4 Å². The first-order chi connectivity index (χ1) is 8.78. The Bertz CT molecular complexity index is 496. The van der Waals surface area contributed by atoms with Gasteiger partial charge >= 0.3 is 0 Å². The van der Waals surface area contributed by atoms with Crippen LogP contribution in [0.2, 0.25) is 0 Å². The standard InChI is InChI=1S/C14H18N2OS/c1-11-7-16-14(18-11)9-15-8-12-4-3-5-13(6-12)10-17-2/h3-7,15H,8-10H2,1-2H3. The third kappa shape index (κ3) is 3.91. The molecular weight excluding hydrogens is 244 g/mol. The van der Waals surface area contributed by atoms with E-state index in [4.69, 9.17) is 4.74 Å². The highest BCUT2D eigenvalue weighted by atomic mass is 32.1. The number of methoxy groups -OCH3 is 1. The first kappa shape index (κ1) is 13.2. The number of ether oxygens (including phenoxy) is 1. The number of rotatable bonds is 6. The molecule has 2 rings (SSSR count). The van der Waals surface area contributed by atoms with Gasteiger partial charge < -0.3 is 10.1 Å². The predicted octanol–water partition coefficient (Wildman–Crippen LogP) is 2.89. The number of thiazole rings is 1. The minimum absolute atomic E-state index is 0.666. The topological polar surface area (TPSA) is 34.1 Å². The molecule has 0 atom stereocenters. The van der Waals surface area contributed by atoms with E-state index in [-0.39, 0.29) is 0 Å². The van der Waals surface area contributed by atoms with Crippen LogP contribution in [0.1, 0.15) is 21.0 Å². The van der Waals surface area contributed by atoms with E-state index in [1.165, 1.54) is 16.0 Å². The van der Waals surface area contributed by atoms with Crippen molar-refractivity contribution in [1.82, 2.24) is 10.3 Å². The summed E-state index contributed by atoms with van der Waals surface area (Å²) >= 11 is 1.74. The summed E-state index contributed by atoms with van der Waals surface area (Å²) in [5, 5.41) is 4.55. The van der Waals surface area contributed by atoms with E-state index >= 15 is 0 Å². The van der Waals surface area contributed by atoms with Crippen molar-refractivity contribution in [3.05, 3.63) is 51.5 Å². The average Bonchev–Trinajstić information content (AvgIpc) is 2.76. The predicted molar refractivity (Wildman–Crippen MR) is 74.5 cm³/mol. The van der Waals surface area contributed by atoms with E-state index in [0.29, 0.717) is 6.61 Å². The van der Waals surface area contributed by atoms with E-state index in [0.717, 1.165) is 18.1 Å². The third-order valence-corrected chi connectivity index (χ3v) is 3.49. The molecule has 0 saturated heterocycles. The zero-order chi connectivity index (χ0) is 12.8. The maximum atomic E-state index is 5.13. The van der Waals surface area contributed by atoms with Gasteiger partial charge in [0.15, 0.2) is 0 Å². The lowest BCUT2D eigenvalue weighted by molar-refractivity contribution is 0.185. The van der Waals surface area contributed by atoms with Gasteiger partial charge in [-0.25, -0.2) is 4.98 Å². The quantitative estimate of drug-likeness (QED) is 0.869. The maximum absolute atomic E-state index is 5.13. The minimum atomic E-state index is 0.666. The summed E-state index contributed by atoms with van der Waals surface area (Å²) in [4.78, 5) is 5.59. The van der Waals surface area contributed by atoms with Crippen LogP contribution in [0.15, 0.2) is 30.5 Å². The number of hydrogen-bond donors (Lipinski definition) is 1. The second-order valence-corrected chi connectivity index (χ2v) is 5.54. The molecule has 18 heavy (non-hydrogen) atoms. The van der Waals surface area contributed by atoms with E-state index in [1.807, 2.05) is 6.20 Å². The molecule has 0 amide bonds. The van der Waals surface area contributed by atoms with Gasteiger partial charge in [0, 0.05) is 31.3 Å². The van der Waals surface area contributed by atoms with Gasteiger partial charge in [0.25, 0.3) is 0 Å². The number of aryl methyl sites for hydroxylation is 1. The molecule has 2 aromatic rings. The van der Waals surface area contributed by atoms with Crippen molar-refractivity contribution in [1.29, 1.82) is 0 Å². The van der Waals surface area contributed by atoms with Gasteiger partial charge in [-0.15, -0.1) is 11.3 Å². The highest BCUT2D eigenvalue weighted by Gasteiger charge is 1.99. The molecular formula is C14H18N2OS. The molecule has 4 heteroatoms. The van der Waals surface area contributed by atoms with Gasteiger partial charge in [-0.2, -0.15) is 0 Å². The lowest BCUT2D eigenvalue weighted by atomic mass is 10.1. The largest absolute Gasteiger partial charge is 0.380 e. The Balaban J connectivity index is 1.84. The van der Waals surface area contributed by atoms with Crippen LogP contribution in [0.25, 0.3) is 0 Å². The fraction of sp³-hybridized carbons (Fsp3) is 0.357. The van der Waals surface area contributed by atoms with Crippen LogP contribution >= 0.6 is 11.3 Å². The van der Waals surface area contributed by atoms with Crippen molar-refractivity contribution in [2.75, 3.05) is 7.11 Å². The summed E-state index contributed by atoms with van der Waals surface area (Å²) in [6, 6.07) is 8.44. The van der Waals surface area contributed by atoms with E-state index in [2.05, 4.69) is 41.5 Å². The number of hydrogen-bond acceptors (Lipinski definition) is 4. The number of nitrogens with zero attached hydrogens (tertiary/aromatic N) is 1. The maximum Gasteiger partial charge on any atom is 0.107 e. The summed E-state index contributed by atoms with van der Waals surface area (Å²) in [6.45, 7) is 4.43. The Morgan fingerprint density at radius 2 is 2.11 bits per heavy atom. The molecule has 0 spiro atoms. The van der Waals surface area contributed by atoms with Crippen molar-refractivity contribution < 1.29 is 4.74 Å². The SMILES string of the molecule is COCc1cccc(CNCc2ncc(C)s2)c1. The molecule has 1 heterocycles. The zero-order valence-electron chi connectivity index (χ0n) is 10.8. The molecule has 0 aliphatic heterocycles. The number of benzene rings is 1. The molecule has 1 N–H and O–H groups in total. The molecule has 1 aromatic heterocycles. The van der Waals surface area contributed by atoms with Crippen LogP contribution in [0.3, 0.4) is 0 Å². The first-order valence-corrected chi connectivity index (χ1v) is 6.78. The van der Waals surface area contributed by atoms with Crippen molar-refractivity contribution in [3.8, 4) is 0 Å². The highest BCUT2D eigenvalue weighted by Crippen LogP contribution is 2.11. The van der Waals surface area contributed by atoms with Crippen molar-refractivity contribution in [2.45, 2.75) is 26.6 Å². The monoisotopic (exact) mass is 262 g/mol.